The Hall–Kier alpha value is -1.35. The summed E-state index contributed by atoms with van der Waals surface area (Å²) in [5.41, 5.74) is 9.06. The molecule has 0 saturated heterocycles. The molecule has 0 aliphatic carbocycles. The van der Waals surface area contributed by atoms with Gasteiger partial charge in [-0.25, -0.2) is 0 Å². The third kappa shape index (κ3) is 3.86. The van der Waals surface area contributed by atoms with Crippen LogP contribution in [0, 0.1) is 12.8 Å². The van der Waals surface area contributed by atoms with Gasteiger partial charge in [-0.1, -0.05) is 19.4 Å². The maximum Gasteiger partial charge on any atom is 0.0856 e. The van der Waals surface area contributed by atoms with Crippen LogP contribution in [-0.4, -0.2) is 19.3 Å². The lowest BCUT2D eigenvalue weighted by Gasteiger charge is -2.20. The van der Waals surface area contributed by atoms with E-state index in [9.17, 15) is 0 Å². The molecule has 3 heteroatoms. The van der Waals surface area contributed by atoms with Crippen LogP contribution in [0.3, 0.4) is 0 Å². The number of benzene rings is 1. The molecule has 0 fully saturated rings. The fraction of sp³-hybridized carbons (Fsp3) is 0.500. The van der Waals surface area contributed by atoms with Crippen LogP contribution in [0.15, 0.2) is 23.2 Å². The highest BCUT2D eigenvalue weighted by atomic mass is 14.9. The van der Waals surface area contributed by atoms with Crippen molar-refractivity contribution < 1.29 is 0 Å². The maximum atomic E-state index is 5.93. The molecule has 0 spiro atoms. The van der Waals surface area contributed by atoms with Gasteiger partial charge in [-0.3, -0.25) is 4.99 Å². The molecule has 2 unspecified atom stereocenters. The molecular weight excluding hydrogens is 210 g/mol. The van der Waals surface area contributed by atoms with Crippen molar-refractivity contribution in [3.05, 3.63) is 23.8 Å². The highest BCUT2D eigenvalue weighted by Gasteiger charge is 2.11. The number of anilines is 1. The number of nitrogens with zero attached hydrogens (tertiary/aromatic N) is 1. The second-order valence-electron chi connectivity index (χ2n) is 4.59. The first kappa shape index (κ1) is 13.7. The van der Waals surface area contributed by atoms with Gasteiger partial charge >= 0.3 is 0 Å². The summed E-state index contributed by atoms with van der Waals surface area (Å²) < 4.78 is 0. The zero-order valence-electron chi connectivity index (χ0n) is 11.0. The van der Waals surface area contributed by atoms with E-state index in [-0.39, 0.29) is 6.04 Å². The fourth-order valence-corrected chi connectivity index (χ4v) is 1.87. The number of aryl methyl sites for hydroxylation is 1. The van der Waals surface area contributed by atoms with Gasteiger partial charge in [0.25, 0.3) is 0 Å². The molecule has 0 radical (unpaired) electrons. The monoisotopic (exact) mass is 233 g/mol. The van der Waals surface area contributed by atoms with Crippen molar-refractivity contribution in [1.29, 1.82) is 0 Å². The molecule has 1 aromatic rings. The van der Waals surface area contributed by atoms with E-state index in [1.807, 2.05) is 12.1 Å². The van der Waals surface area contributed by atoms with Gasteiger partial charge in [0.1, 0.15) is 0 Å². The molecule has 0 aromatic heterocycles. The molecule has 17 heavy (non-hydrogen) atoms. The van der Waals surface area contributed by atoms with E-state index in [2.05, 4.69) is 43.9 Å². The molecule has 3 nitrogen and oxygen atoms in total. The first-order chi connectivity index (χ1) is 8.08. The van der Waals surface area contributed by atoms with Crippen LogP contribution in [0.25, 0.3) is 0 Å². The van der Waals surface area contributed by atoms with E-state index in [1.54, 1.807) is 0 Å². The Morgan fingerprint density at radius 2 is 2.18 bits per heavy atom. The van der Waals surface area contributed by atoms with E-state index < -0.39 is 0 Å². The molecule has 3 N–H and O–H groups in total. The van der Waals surface area contributed by atoms with Gasteiger partial charge < -0.3 is 11.1 Å². The number of hydrogen-bond acceptors (Lipinski definition) is 3. The predicted octanol–water partition coefficient (Wildman–Crippen LogP) is 3.11. The van der Waals surface area contributed by atoms with Gasteiger partial charge in [-0.15, -0.1) is 0 Å². The Kier molecular flexibility index (Phi) is 5.16. The second-order valence-corrected chi connectivity index (χ2v) is 4.59. The highest BCUT2D eigenvalue weighted by molar-refractivity contribution is 5.68. The molecule has 0 aliphatic heterocycles. The van der Waals surface area contributed by atoms with Crippen LogP contribution >= 0.6 is 0 Å². The average molecular weight is 233 g/mol. The van der Waals surface area contributed by atoms with Crippen molar-refractivity contribution in [3.63, 3.8) is 0 Å². The average Bonchev–Trinajstić information content (AvgIpc) is 2.31. The number of hydrogen-bond donors (Lipinski definition) is 2. The van der Waals surface area contributed by atoms with Crippen LogP contribution in [0.2, 0.25) is 0 Å². The van der Waals surface area contributed by atoms with Crippen LogP contribution in [0.1, 0.15) is 25.8 Å². The third-order valence-electron chi connectivity index (χ3n) is 3.15. The van der Waals surface area contributed by atoms with Crippen molar-refractivity contribution in [2.24, 2.45) is 16.6 Å². The SMILES string of the molecule is C=Nc1cc(C)ccc1NCC(CC)C(C)N. The summed E-state index contributed by atoms with van der Waals surface area (Å²) in [6, 6.07) is 6.36. The van der Waals surface area contributed by atoms with E-state index in [1.165, 1.54) is 5.56 Å². The summed E-state index contributed by atoms with van der Waals surface area (Å²) in [5, 5.41) is 3.41. The highest BCUT2D eigenvalue weighted by Crippen LogP contribution is 2.26. The number of rotatable bonds is 6. The zero-order valence-corrected chi connectivity index (χ0v) is 11.0. The molecule has 0 bridgehead atoms. The smallest absolute Gasteiger partial charge is 0.0856 e. The molecule has 0 aliphatic rings. The van der Waals surface area contributed by atoms with Crippen LogP contribution in [-0.2, 0) is 0 Å². The van der Waals surface area contributed by atoms with E-state index in [4.69, 9.17) is 5.73 Å². The van der Waals surface area contributed by atoms with E-state index in [0.717, 1.165) is 24.3 Å². The van der Waals surface area contributed by atoms with Crippen molar-refractivity contribution >= 4 is 18.1 Å². The van der Waals surface area contributed by atoms with E-state index in [0.29, 0.717) is 5.92 Å². The molecule has 1 rings (SSSR count). The Labute approximate surface area is 104 Å². The van der Waals surface area contributed by atoms with Crippen molar-refractivity contribution in [2.75, 3.05) is 11.9 Å². The number of aliphatic imine (C=N–C) groups is 1. The topological polar surface area (TPSA) is 50.4 Å². The van der Waals surface area contributed by atoms with Crippen LogP contribution in [0.5, 0.6) is 0 Å². The van der Waals surface area contributed by atoms with Gasteiger partial charge in [-0.05, 0) is 44.2 Å². The summed E-state index contributed by atoms with van der Waals surface area (Å²) in [5.74, 6) is 0.481. The largest absolute Gasteiger partial charge is 0.383 e. The van der Waals surface area contributed by atoms with Crippen molar-refractivity contribution in [2.45, 2.75) is 33.2 Å². The Bertz CT molecular complexity index is 372. The second kappa shape index (κ2) is 6.40. The van der Waals surface area contributed by atoms with Crippen molar-refractivity contribution in [3.8, 4) is 0 Å². The summed E-state index contributed by atoms with van der Waals surface area (Å²) in [7, 11) is 0. The van der Waals surface area contributed by atoms with Gasteiger partial charge in [0.2, 0.25) is 0 Å². The van der Waals surface area contributed by atoms with Crippen LogP contribution in [0.4, 0.5) is 11.4 Å². The molecule has 0 heterocycles. The minimum absolute atomic E-state index is 0.207. The molecule has 1 aromatic carbocycles. The molecule has 94 valence electrons. The van der Waals surface area contributed by atoms with Gasteiger partial charge in [-0.2, -0.15) is 0 Å². The lowest BCUT2D eigenvalue weighted by atomic mass is 9.99. The molecule has 0 saturated carbocycles. The molecular formula is C14H23N3. The minimum Gasteiger partial charge on any atom is -0.383 e. The normalized spacial score (nSPS) is 14.1. The Morgan fingerprint density at radius 3 is 2.71 bits per heavy atom. The maximum absolute atomic E-state index is 5.93. The summed E-state index contributed by atoms with van der Waals surface area (Å²) >= 11 is 0. The molecule has 2 atom stereocenters. The first-order valence-electron chi connectivity index (χ1n) is 6.15. The number of nitrogens with two attached hydrogens (primary N) is 1. The van der Waals surface area contributed by atoms with E-state index >= 15 is 0 Å². The third-order valence-corrected chi connectivity index (χ3v) is 3.15. The zero-order chi connectivity index (χ0) is 12.8. The Morgan fingerprint density at radius 1 is 1.47 bits per heavy atom. The summed E-state index contributed by atoms with van der Waals surface area (Å²) in [6.45, 7) is 10.7. The predicted molar refractivity (Wildman–Crippen MR) is 76.3 cm³/mol. The minimum atomic E-state index is 0.207. The molecule has 0 amide bonds. The lowest BCUT2D eigenvalue weighted by molar-refractivity contribution is 0.451. The quantitative estimate of drug-likeness (QED) is 0.742. The first-order valence-corrected chi connectivity index (χ1v) is 6.15. The van der Waals surface area contributed by atoms with Gasteiger partial charge in [0.15, 0.2) is 0 Å². The lowest BCUT2D eigenvalue weighted by Crippen LogP contribution is -2.31. The van der Waals surface area contributed by atoms with Gasteiger partial charge in [0, 0.05) is 12.6 Å². The van der Waals surface area contributed by atoms with Gasteiger partial charge in [0.05, 0.1) is 11.4 Å². The Balaban J connectivity index is 2.71. The van der Waals surface area contributed by atoms with Crippen LogP contribution < -0.4 is 11.1 Å². The summed E-state index contributed by atoms with van der Waals surface area (Å²) in [6.07, 6.45) is 1.08. The standard InChI is InChI=1S/C14H23N3/c1-5-12(11(3)15)9-17-13-7-6-10(2)8-14(13)16-4/h6-8,11-12,17H,4-5,9,15H2,1-3H3. The summed E-state index contributed by atoms with van der Waals surface area (Å²) in [4.78, 5) is 4.04. The number of nitrogens with one attached hydrogen (secondary N) is 1. The fourth-order valence-electron chi connectivity index (χ4n) is 1.87. The van der Waals surface area contributed by atoms with Crippen molar-refractivity contribution in [1.82, 2.24) is 0 Å².